The van der Waals surface area contributed by atoms with Crippen molar-refractivity contribution in [2.45, 2.75) is 13.1 Å². The molecule has 2 aromatic carbocycles. The largest absolute Gasteiger partial charge is 0.416 e. The number of urea groups is 1. The van der Waals surface area contributed by atoms with Gasteiger partial charge in [-0.2, -0.15) is 13.2 Å². The second kappa shape index (κ2) is 7.82. The van der Waals surface area contributed by atoms with E-state index in [0.717, 1.165) is 28.8 Å². The summed E-state index contributed by atoms with van der Waals surface area (Å²) in [6.45, 7) is 1.22. The molecule has 29 heavy (non-hydrogen) atoms. The summed E-state index contributed by atoms with van der Waals surface area (Å²) >= 11 is 0. The van der Waals surface area contributed by atoms with Gasteiger partial charge in [-0.05, 0) is 37.3 Å². The zero-order valence-corrected chi connectivity index (χ0v) is 15.3. The Balaban J connectivity index is 1.62. The molecule has 0 saturated carbocycles. The molecule has 1 heterocycles. The van der Waals surface area contributed by atoms with Gasteiger partial charge < -0.3 is 10.2 Å². The highest BCUT2D eigenvalue weighted by Gasteiger charge is 2.32. The fourth-order valence-electron chi connectivity index (χ4n) is 2.73. The first-order valence-corrected chi connectivity index (χ1v) is 8.56. The lowest BCUT2D eigenvalue weighted by molar-refractivity contribution is -0.140. The van der Waals surface area contributed by atoms with Gasteiger partial charge in [-0.1, -0.05) is 23.8 Å². The van der Waals surface area contributed by atoms with E-state index >= 15 is 0 Å². The first kappa shape index (κ1) is 20.2. The maximum absolute atomic E-state index is 12.7. The van der Waals surface area contributed by atoms with E-state index in [9.17, 15) is 27.6 Å². The first-order valence-electron chi connectivity index (χ1n) is 8.56. The molecule has 1 aliphatic heterocycles. The van der Waals surface area contributed by atoms with Crippen molar-refractivity contribution >= 4 is 29.2 Å². The van der Waals surface area contributed by atoms with Gasteiger partial charge in [0.05, 0.1) is 5.56 Å². The fraction of sp³-hybridized carbons (Fsp3) is 0.211. The highest BCUT2D eigenvalue weighted by Crippen LogP contribution is 2.30. The van der Waals surface area contributed by atoms with Crippen molar-refractivity contribution in [2.75, 3.05) is 23.3 Å². The second-order valence-electron chi connectivity index (χ2n) is 6.44. The first-order chi connectivity index (χ1) is 13.6. The maximum Gasteiger partial charge on any atom is 0.416 e. The molecule has 0 atom stereocenters. The average molecular weight is 406 g/mol. The summed E-state index contributed by atoms with van der Waals surface area (Å²) in [6.07, 6.45) is -4.55. The summed E-state index contributed by atoms with van der Waals surface area (Å²) in [5.74, 6) is -0.947. The summed E-state index contributed by atoms with van der Waals surface area (Å²) in [5, 5.41) is 3.05. The molecular weight excluding hydrogens is 389 g/mol. The molecule has 1 aliphatic rings. The lowest BCUT2D eigenvalue weighted by atomic mass is 10.2. The standard InChI is InChI=1S/C19H17F3N4O3/c1-12-5-7-15(8-6-12)25-10-17(28)26(11-16(25)27)24-18(29)23-14-4-2-3-13(9-14)19(20,21)22/h2-9H,10-11H2,1H3,(H2,23,24,29). The van der Waals surface area contributed by atoms with Crippen molar-refractivity contribution in [1.82, 2.24) is 10.4 Å². The van der Waals surface area contributed by atoms with Crippen LogP contribution in [0.4, 0.5) is 29.3 Å². The SMILES string of the molecule is Cc1ccc(N2CC(=O)N(NC(=O)Nc3cccc(C(F)(F)F)c3)CC2=O)cc1. The number of anilines is 2. The number of halogens is 3. The molecule has 2 N–H and O–H groups in total. The van der Waals surface area contributed by atoms with Crippen LogP contribution in [0.2, 0.25) is 0 Å². The summed E-state index contributed by atoms with van der Waals surface area (Å²) < 4.78 is 38.2. The Hall–Kier alpha value is -3.56. The van der Waals surface area contributed by atoms with Crippen LogP contribution in [0.25, 0.3) is 0 Å². The van der Waals surface area contributed by atoms with Crippen molar-refractivity contribution in [1.29, 1.82) is 0 Å². The normalized spacial score (nSPS) is 14.8. The van der Waals surface area contributed by atoms with Crippen LogP contribution in [0.3, 0.4) is 0 Å². The van der Waals surface area contributed by atoms with Crippen molar-refractivity contribution in [3.05, 3.63) is 59.7 Å². The van der Waals surface area contributed by atoms with E-state index in [2.05, 4.69) is 10.7 Å². The molecule has 3 rings (SSSR count). The molecular formula is C19H17F3N4O3. The minimum Gasteiger partial charge on any atom is -0.307 e. The van der Waals surface area contributed by atoms with Gasteiger partial charge >= 0.3 is 12.2 Å². The number of benzene rings is 2. The minimum atomic E-state index is -4.55. The van der Waals surface area contributed by atoms with E-state index in [-0.39, 0.29) is 12.2 Å². The molecule has 10 heteroatoms. The van der Waals surface area contributed by atoms with Gasteiger partial charge in [0.2, 0.25) is 5.91 Å². The number of rotatable bonds is 3. The molecule has 2 aromatic rings. The minimum absolute atomic E-state index is 0.102. The molecule has 0 spiro atoms. The number of hydrogen-bond acceptors (Lipinski definition) is 3. The molecule has 0 aliphatic carbocycles. The second-order valence-corrected chi connectivity index (χ2v) is 6.44. The van der Waals surface area contributed by atoms with Gasteiger partial charge in [-0.3, -0.25) is 9.59 Å². The highest BCUT2D eigenvalue weighted by atomic mass is 19.4. The van der Waals surface area contributed by atoms with Crippen LogP contribution >= 0.6 is 0 Å². The Kier molecular flexibility index (Phi) is 5.44. The zero-order chi connectivity index (χ0) is 21.2. The molecule has 1 saturated heterocycles. The average Bonchev–Trinajstić information content (AvgIpc) is 2.65. The molecule has 0 radical (unpaired) electrons. The zero-order valence-electron chi connectivity index (χ0n) is 15.3. The van der Waals surface area contributed by atoms with Crippen LogP contribution in [0.1, 0.15) is 11.1 Å². The van der Waals surface area contributed by atoms with Crippen molar-refractivity contribution in [2.24, 2.45) is 0 Å². The Morgan fingerprint density at radius 2 is 1.69 bits per heavy atom. The van der Waals surface area contributed by atoms with Crippen LogP contribution in [0, 0.1) is 6.92 Å². The lowest BCUT2D eigenvalue weighted by Gasteiger charge is -2.33. The molecule has 0 aromatic heterocycles. The van der Waals surface area contributed by atoms with E-state index in [4.69, 9.17) is 0 Å². The summed E-state index contributed by atoms with van der Waals surface area (Å²) in [7, 11) is 0. The lowest BCUT2D eigenvalue weighted by Crippen LogP contribution is -2.60. The van der Waals surface area contributed by atoms with E-state index in [0.29, 0.717) is 5.69 Å². The van der Waals surface area contributed by atoms with E-state index < -0.39 is 36.1 Å². The smallest absolute Gasteiger partial charge is 0.307 e. The van der Waals surface area contributed by atoms with Crippen LogP contribution in [-0.4, -0.2) is 35.9 Å². The summed E-state index contributed by atoms with van der Waals surface area (Å²) in [6, 6.07) is 10.2. The molecule has 1 fully saturated rings. The van der Waals surface area contributed by atoms with E-state index in [1.54, 1.807) is 24.3 Å². The number of aryl methyl sites for hydroxylation is 1. The van der Waals surface area contributed by atoms with Gasteiger partial charge in [0.15, 0.2) is 0 Å². The van der Waals surface area contributed by atoms with E-state index in [1.165, 1.54) is 11.0 Å². The number of nitrogens with one attached hydrogen (secondary N) is 2. The number of hydrazine groups is 1. The highest BCUT2D eigenvalue weighted by molar-refractivity contribution is 6.05. The molecule has 7 nitrogen and oxygen atoms in total. The van der Waals surface area contributed by atoms with Gasteiger partial charge in [-0.25, -0.2) is 15.2 Å². The monoisotopic (exact) mass is 406 g/mol. The van der Waals surface area contributed by atoms with Gasteiger partial charge in [0.1, 0.15) is 13.1 Å². The van der Waals surface area contributed by atoms with E-state index in [1.807, 2.05) is 6.92 Å². The number of hydrogen-bond donors (Lipinski definition) is 2. The maximum atomic E-state index is 12.7. The third kappa shape index (κ3) is 4.84. The third-order valence-corrected chi connectivity index (χ3v) is 4.22. The Labute approximate surface area is 164 Å². The van der Waals surface area contributed by atoms with Crippen LogP contribution in [0.15, 0.2) is 48.5 Å². The third-order valence-electron chi connectivity index (χ3n) is 4.22. The Morgan fingerprint density at radius 1 is 1.00 bits per heavy atom. The van der Waals surface area contributed by atoms with Crippen molar-refractivity contribution in [3.63, 3.8) is 0 Å². The molecule has 4 amide bonds. The van der Waals surface area contributed by atoms with Crippen molar-refractivity contribution in [3.8, 4) is 0 Å². The Bertz CT molecular complexity index is 944. The van der Waals surface area contributed by atoms with Gasteiger partial charge in [0, 0.05) is 11.4 Å². The van der Waals surface area contributed by atoms with Crippen molar-refractivity contribution < 1.29 is 27.6 Å². The molecule has 152 valence electrons. The van der Waals surface area contributed by atoms with Crippen LogP contribution in [0.5, 0.6) is 0 Å². The number of carbonyl (C=O) groups excluding carboxylic acids is 3. The van der Waals surface area contributed by atoms with Crippen LogP contribution < -0.4 is 15.6 Å². The number of alkyl halides is 3. The van der Waals surface area contributed by atoms with Crippen LogP contribution in [-0.2, 0) is 15.8 Å². The predicted octanol–water partition coefficient (Wildman–Crippen LogP) is 2.93. The molecule has 0 unspecified atom stereocenters. The topological polar surface area (TPSA) is 81.8 Å². The van der Waals surface area contributed by atoms with Gasteiger partial charge in [-0.15, -0.1) is 0 Å². The summed E-state index contributed by atoms with van der Waals surface area (Å²) in [5.41, 5.74) is 2.72. The van der Waals surface area contributed by atoms with Gasteiger partial charge in [0.25, 0.3) is 5.91 Å². The molecule has 0 bridgehead atoms. The number of carbonyl (C=O) groups is 3. The quantitative estimate of drug-likeness (QED) is 0.823. The Morgan fingerprint density at radius 3 is 2.34 bits per heavy atom. The fourth-order valence-corrected chi connectivity index (χ4v) is 2.73. The number of amides is 4. The summed E-state index contributed by atoms with van der Waals surface area (Å²) in [4.78, 5) is 38.0. The number of piperazine rings is 1. The number of nitrogens with zero attached hydrogens (tertiary/aromatic N) is 2. The predicted molar refractivity (Wildman–Crippen MR) is 98.8 cm³/mol.